The monoisotopic (exact) mass is 331 g/mol. The molecule has 1 amide bonds. The van der Waals surface area contributed by atoms with E-state index in [1.807, 2.05) is 24.3 Å². The minimum Gasteiger partial charge on any atom is -0.371 e. The van der Waals surface area contributed by atoms with E-state index in [4.69, 9.17) is 16.3 Å². The number of benzene rings is 1. The van der Waals surface area contributed by atoms with Crippen LogP contribution in [0, 0.1) is 0 Å². The normalized spacial score (nSPS) is 17.7. The third kappa shape index (κ3) is 4.07. The highest BCUT2D eigenvalue weighted by molar-refractivity contribution is 6.31. The molecule has 23 heavy (non-hydrogen) atoms. The predicted molar refractivity (Wildman–Crippen MR) is 90.5 cm³/mol. The van der Waals surface area contributed by atoms with Gasteiger partial charge in [-0.3, -0.25) is 4.79 Å². The third-order valence-corrected chi connectivity index (χ3v) is 3.84. The zero-order valence-electron chi connectivity index (χ0n) is 12.8. The van der Waals surface area contributed by atoms with Crippen molar-refractivity contribution < 1.29 is 9.53 Å². The maximum absolute atomic E-state index is 11.2. The highest BCUT2D eigenvalue weighted by Crippen LogP contribution is 2.30. The Morgan fingerprint density at radius 2 is 2.22 bits per heavy atom. The van der Waals surface area contributed by atoms with Crippen LogP contribution in [0.15, 0.2) is 36.5 Å². The van der Waals surface area contributed by atoms with Gasteiger partial charge in [0.25, 0.3) is 0 Å². The summed E-state index contributed by atoms with van der Waals surface area (Å²) >= 11 is 6.28. The minimum absolute atomic E-state index is 0.00199. The zero-order chi connectivity index (χ0) is 16.2. The molecule has 0 saturated carbocycles. The van der Waals surface area contributed by atoms with Crippen molar-refractivity contribution >= 4 is 23.3 Å². The Labute approximate surface area is 140 Å². The van der Waals surface area contributed by atoms with E-state index in [1.54, 1.807) is 6.20 Å². The molecule has 1 atom stereocenters. The molecule has 2 N–H and O–H groups in total. The smallest absolute Gasteiger partial charge is 0.222 e. The van der Waals surface area contributed by atoms with Gasteiger partial charge in [-0.15, -0.1) is 0 Å². The van der Waals surface area contributed by atoms with E-state index in [0.717, 1.165) is 29.8 Å². The second kappa shape index (κ2) is 7.08. The molecule has 3 rings (SSSR count). The first kappa shape index (κ1) is 15.9. The van der Waals surface area contributed by atoms with Crippen LogP contribution in [0.4, 0.5) is 5.82 Å². The van der Waals surface area contributed by atoms with Crippen LogP contribution in [0.2, 0.25) is 5.02 Å². The molecular weight excluding hydrogens is 314 g/mol. The maximum Gasteiger partial charge on any atom is 0.222 e. The van der Waals surface area contributed by atoms with Crippen molar-refractivity contribution in [1.82, 2.24) is 10.3 Å². The molecule has 1 unspecified atom stereocenters. The van der Waals surface area contributed by atoms with Gasteiger partial charge in [0.2, 0.25) is 5.91 Å². The van der Waals surface area contributed by atoms with Gasteiger partial charge in [-0.2, -0.15) is 0 Å². The first-order valence-electron chi connectivity index (χ1n) is 7.48. The highest BCUT2D eigenvalue weighted by atomic mass is 35.5. The van der Waals surface area contributed by atoms with E-state index in [-0.39, 0.29) is 12.0 Å². The Morgan fingerprint density at radius 3 is 2.96 bits per heavy atom. The first-order valence-corrected chi connectivity index (χ1v) is 7.86. The van der Waals surface area contributed by atoms with E-state index in [2.05, 4.69) is 21.7 Å². The molecule has 6 heteroatoms. The Bertz CT molecular complexity index is 715. The van der Waals surface area contributed by atoms with Gasteiger partial charge in [-0.05, 0) is 47.0 Å². The van der Waals surface area contributed by atoms with Crippen molar-refractivity contribution in [3.05, 3.63) is 47.1 Å². The molecule has 120 valence electrons. The van der Waals surface area contributed by atoms with Crippen LogP contribution in [-0.4, -0.2) is 30.6 Å². The van der Waals surface area contributed by atoms with Crippen LogP contribution in [0.3, 0.4) is 0 Å². The number of morpholine rings is 1. The molecule has 1 aromatic carbocycles. The Kier molecular flexibility index (Phi) is 4.91. The molecule has 0 radical (unpaired) electrons. The minimum atomic E-state index is -0.150. The number of rotatable bonds is 3. The Hall–Kier alpha value is -1.95. The Morgan fingerprint density at radius 1 is 1.35 bits per heavy atom. The molecule has 1 saturated heterocycles. The molecule has 2 heterocycles. The van der Waals surface area contributed by atoms with Crippen LogP contribution < -0.4 is 10.6 Å². The largest absolute Gasteiger partial charge is 0.371 e. The van der Waals surface area contributed by atoms with Gasteiger partial charge in [0.15, 0.2) is 0 Å². The lowest BCUT2D eigenvalue weighted by Gasteiger charge is -2.24. The van der Waals surface area contributed by atoms with Gasteiger partial charge >= 0.3 is 0 Å². The van der Waals surface area contributed by atoms with Crippen molar-refractivity contribution in [3.8, 4) is 11.1 Å². The van der Waals surface area contributed by atoms with E-state index < -0.39 is 0 Å². The topological polar surface area (TPSA) is 63.2 Å². The molecule has 1 aliphatic heterocycles. The lowest BCUT2D eigenvalue weighted by Crippen LogP contribution is -2.33. The van der Waals surface area contributed by atoms with Crippen molar-refractivity contribution in [2.45, 2.75) is 13.0 Å². The summed E-state index contributed by atoms with van der Waals surface area (Å²) in [5, 5.41) is 6.66. The molecule has 0 aliphatic carbocycles. The average molecular weight is 332 g/mol. The fraction of sp³-hybridized carbons (Fsp3) is 0.294. The van der Waals surface area contributed by atoms with Crippen molar-refractivity contribution in [2.75, 3.05) is 25.0 Å². The van der Waals surface area contributed by atoms with Crippen molar-refractivity contribution in [3.63, 3.8) is 0 Å². The number of nitrogens with zero attached hydrogens (tertiary/aromatic N) is 1. The molecule has 5 nitrogen and oxygen atoms in total. The highest BCUT2D eigenvalue weighted by Gasteiger charge is 2.17. The SMILES string of the molecule is CC(=O)Nc1cc(-c2cc(Cl)cc(C3CNCCO3)c2)ccn1. The average Bonchev–Trinajstić information content (AvgIpc) is 2.55. The Balaban J connectivity index is 1.93. The van der Waals surface area contributed by atoms with Gasteiger partial charge < -0.3 is 15.4 Å². The number of hydrogen-bond acceptors (Lipinski definition) is 4. The van der Waals surface area contributed by atoms with E-state index in [1.165, 1.54) is 6.92 Å². The second-order valence-corrected chi connectivity index (χ2v) is 5.88. The molecule has 0 bridgehead atoms. The quantitative estimate of drug-likeness (QED) is 0.907. The first-order chi connectivity index (χ1) is 11.1. The molecule has 1 aliphatic rings. The number of aromatic nitrogens is 1. The fourth-order valence-electron chi connectivity index (χ4n) is 2.60. The van der Waals surface area contributed by atoms with Crippen molar-refractivity contribution in [1.29, 1.82) is 0 Å². The van der Waals surface area contributed by atoms with E-state index in [0.29, 0.717) is 17.4 Å². The van der Waals surface area contributed by atoms with Gasteiger partial charge in [0.05, 0.1) is 12.7 Å². The summed E-state index contributed by atoms with van der Waals surface area (Å²) in [6, 6.07) is 9.61. The van der Waals surface area contributed by atoms with Crippen LogP contribution in [0.25, 0.3) is 11.1 Å². The number of hydrogen-bond donors (Lipinski definition) is 2. The van der Waals surface area contributed by atoms with Gasteiger partial charge in [-0.1, -0.05) is 11.6 Å². The summed E-state index contributed by atoms with van der Waals surface area (Å²) in [7, 11) is 0. The fourth-order valence-corrected chi connectivity index (χ4v) is 2.85. The molecule has 0 spiro atoms. The number of carbonyl (C=O) groups excluding carboxylic acids is 1. The number of anilines is 1. The summed E-state index contributed by atoms with van der Waals surface area (Å²) < 4.78 is 5.80. The van der Waals surface area contributed by atoms with E-state index in [9.17, 15) is 4.79 Å². The molecule has 1 aromatic heterocycles. The maximum atomic E-state index is 11.2. The lowest BCUT2D eigenvalue weighted by atomic mass is 10.0. The molecule has 1 fully saturated rings. The molecular formula is C17H18ClN3O2. The standard InChI is InChI=1S/C17H18ClN3O2/c1-11(22)21-17-9-12(2-3-20-17)13-6-14(8-15(18)7-13)16-10-19-4-5-23-16/h2-3,6-9,16,19H,4-5,10H2,1H3,(H,20,21,22). The summed E-state index contributed by atoms with van der Waals surface area (Å²) in [5.41, 5.74) is 2.95. The number of halogens is 1. The van der Waals surface area contributed by atoms with Crippen LogP contribution in [-0.2, 0) is 9.53 Å². The summed E-state index contributed by atoms with van der Waals surface area (Å²) in [6.07, 6.45) is 1.66. The van der Waals surface area contributed by atoms with Crippen molar-refractivity contribution in [2.24, 2.45) is 0 Å². The second-order valence-electron chi connectivity index (χ2n) is 5.45. The number of nitrogens with one attached hydrogen (secondary N) is 2. The number of carbonyl (C=O) groups is 1. The predicted octanol–water partition coefficient (Wildman–Crippen LogP) is 3.02. The summed E-state index contributed by atoms with van der Waals surface area (Å²) in [6.45, 7) is 3.79. The zero-order valence-corrected chi connectivity index (χ0v) is 13.6. The van der Waals surface area contributed by atoms with Gasteiger partial charge in [0.1, 0.15) is 5.82 Å². The van der Waals surface area contributed by atoms with Crippen LogP contribution >= 0.6 is 11.6 Å². The van der Waals surface area contributed by atoms with Gasteiger partial charge in [-0.25, -0.2) is 4.98 Å². The lowest BCUT2D eigenvalue weighted by molar-refractivity contribution is -0.114. The van der Waals surface area contributed by atoms with Gasteiger partial charge in [0, 0.05) is 31.2 Å². The number of pyridine rings is 1. The molecule has 2 aromatic rings. The summed E-state index contributed by atoms with van der Waals surface area (Å²) in [4.78, 5) is 15.3. The third-order valence-electron chi connectivity index (χ3n) is 3.62. The summed E-state index contributed by atoms with van der Waals surface area (Å²) in [5.74, 6) is 0.371. The number of ether oxygens (including phenoxy) is 1. The van der Waals surface area contributed by atoms with Crippen LogP contribution in [0.1, 0.15) is 18.6 Å². The van der Waals surface area contributed by atoms with Crippen LogP contribution in [0.5, 0.6) is 0 Å². The van der Waals surface area contributed by atoms with E-state index >= 15 is 0 Å². The number of amides is 1.